The Morgan fingerprint density at radius 3 is 2.50 bits per heavy atom. The maximum absolute atomic E-state index is 9.28. The third-order valence-electron chi connectivity index (χ3n) is 2.60. The van der Waals surface area contributed by atoms with E-state index in [2.05, 4.69) is 0 Å². The van der Waals surface area contributed by atoms with Gasteiger partial charge >= 0.3 is 0 Å². The summed E-state index contributed by atoms with van der Waals surface area (Å²) in [4.78, 5) is 0. The van der Waals surface area contributed by atoms with E-state index in [4.69, 9.17) is 27.9 Å². The fourth-order valence-corrected chi connectivity index (χ4v) is 1.90. The Balaban J connectivity index is 2.68. The second kappa shape index (κ2) is 6.46. The van der Waals surface area contributed by atoms with Crippen LogP contribution in [0.5, 0.6) is 5.75 Å². The Labute approximate surface area is 118 Å². The van der Waals surface area contributed by atoms with E-state index < -0.39 is 0 Å². The molecule has 0 aliphatic carbocycles. The van der Waals surface area contributed by atoms with Gasteiger partial charge in [-0.15, -0.1) is 0 Å². The van der Waals surface area contributed by atoms with Crippen molar-refractivity contribution in [3.05, 3.63) is 39.9 Å². The molecule has 0 unspecified atom stereocenters. The van der Waals surface area contributed by atoms with Crippen molar-refractivity contribution in [3.8, 4) is 5.75 Å². The summed E-state index contributed by atoms with van der Waals surface area (Å²) in [6.07, 6.45) is 1.88. The molecule has 0 saturated carbocycles. The summed E-state index contributed by atoms with van der Waals surface area (Å²) in [5.41, 5.74) is 0.870. The average molecular weight is 289 g/mol. The molecule has 4 heteroatoms. The van der Waals surface area contributed by atoms with Crippen molar-refractivity contribution in [2.45, 2.75) is 20.8 Å². The number of halogens is 2. The number of hydrogen-bond donors (Lipinski definition) is 1. The zero-order chi connectivity index (χ0) is 13.8. The summed E-state index contributed by atoms with van der Waals surface area (Å²) in [6.45, 7) is 6.54. The highest BCUT2D eigenvalue weighted by Gasteiger charge is 2.15. The lowest BCUT2D eigenvalue weighted by Crippen LogP contribution is -2.14. The summed E-state index contributed by atoms with van der Waals surface area (Å²) in [7, 11) is 0. The molecule has 0 saturated heterocycles. The minimum Gasteiger partial charge on any atom is -0.488 e. The fraction of sp³-hybridized carbons (Fsp3) is 0.429. The van der Waals surface area contributed by atoms with Gasteiger partial charge in [0.05, 0.1) is 11.6 Å². The van der Waals surface area contributed by atoms with E-state index in [1.165, 1.54) is 0 Å². The molecule has 0 spiro atoms. The number of hydrogen-bond acceptors (Lipinski definition) is 2. The second-order valence-corrected chi connectivity index (χ2v) is 5.87. The minimum absolute atomic E-state index is 0.0290. The van der Waals surface area contributed by atoms with Gasteiger partial charge in [-0.2, -0.15) is 0 Å². The van der Waals surface area contributed by atoms with Gasteiger partial charge in [-0.1, -0.05) is 44.0 Å². The first-order valence-corrected chi connectivity index (χ1v) is 6.48. The highest BCUT2D eigenvalue weighted by atomic mass is 35.5. The SMILES string of the molecule is CC(C)(C)/C(=C\COc1ccc(Cl)cc1Cl)CO. The van der Waals surface area contributed by atoms with Gasteiger partial charge in [0.2, 0.25) is 0 Å². The van der Waals surface area contributed by atoms with Gasteiger partial charge in [-0.3, -0.25) is 0 Å². The third-order valence-corrected chi connectivity index (χ3v) is 3.13. The summed E-state index contributed by atoms with van der Waals surface area (Å²) in [5.74, 6) is 0.587. The van der Waals surface area contributed by atoms with Gasteiger partial charge < -0.3 is 9.84 Å². The Hall–Kier alpha value is -0.700. The van der Waals surface area contributed by atoms with Crippen molar-refractivity contribution in [3.63, 3.8) is 0 Å². The standard InChI is InChI=1S/C14H18Cl2O2/c1-14(2,3)10(9-17)6-7-18-13-5-4-11(15)8-12(13)16/h4-6,8,17H,7,9H2,1-3H3/b10-6-. The smallest absolute Gasteiger partial charge is 0.138 e. The Morgan fingerprint density at radius 1 is 1.33 bits per heavy atom. The molecule has 2 nitrogen and oxygen atoms in total. The molecule has 0 aromatic heterocycles. The first kappa shape index (κ1) is 15.4. The van der Waals surface area contributed by atoms with Crippen molar-refractivity contribution in [2.75, 3.05) is 13.2 Å². The van der Waals surface area contributed by atoms with E-state index in [0.717, 1.165) is 5.57 Å². The van der Waals surface area contributed by atoms with Crippen LogP contribution >= 0.6 is 23.2 Å². The molecule has 100 valence electrons. The van der Waals surface area contributed by atoms with E-state index >= 15 is 0 Å². The van der Waals surface area contributed by atoms with E-state index in [0.29, 0.717) is 22.4 Å². The van der Waals surface area contributed by atoms with Crippen LogP contribution in [-0.2, 0) is 0 Å². The lowest BCUT2D eigenvalue weighted by molar-refractivity contribution is 0.289. The van der Waals surface area contributed by atoms with Crippen LogP contribution in [0.2, 0.25) is 10.0 Å². The van der Waals surface area contributed by atoms with Crippen LogP contribution in [0.4, 0.5) is 0 Å². The summed E-state index contributed by atoms with van der Waals surface area (Å²) >= 11 is 11.8. The van der Waals surface area contributed by atoms with E-state index in [-0.39, 0.29) is 12.0 Å². The predicted octanol–water partition coefficient (Wildman–Crippen LogP) is 4.34. The number of aliphatic hydroxyl groups excluding tert-OH is 1. The van der Waals surface area contributed by atoms with Crippen LogP contribution in [-0.4, -0.2) is 18.3 Å². The maximum Gasteiger partial charge on any atom is 0.138 e. The average Bonchev–Trinajstić information content (AvgIpc) is 2.25. The van der Waals surface area contributed by atoms with Crippen LogP contribution in [0.25, 0.3) is 0 Å². The van der Waals surface area contributed by atoms with Crippen LogP contribution < -0.4 is 4.74 Å². The number of benzene rings is 1. The van der Waals surface area contributed by atoms with Crippen molar-refractivity contribution >= 4 is 23.2 Å². The first-order chi connectivity index (χ1) is 8.34. The quantitative estimate of drug-likeness (QED) is 0.836. The highest BCUT2D eigenvalue weighted by molar-refractivity contribution is 6.35. The molecular formula is C14H18Cl2O2. The van der Waals surface area contributed by atoms with E-state index in [1.807, 2.05) is 26.8 Å². The molecular weight excluding hydrogens is 271 g/mol. The topological polar surface area (TPSA) is 29.5 Å². The molecule has 18 heavy (non-hydrogen) atoms. The molecule has 0 fully saturated rings. The monoisotopic (exact) mass is 288 g/mol. The number of rotatable bonds is 4. The first-order valence-electron chi connectivity index (χ1n) is 5.73. The molecule has 0 bridgehead atoms. The molecule has 0 radical (unpaired) electrons. The van der Waals surface area contributed by atoms with Crippen molar-refractivity contribution < 1.29 is 9.84 Å². The Morgan fingerprint density at radius 2 is 2.00 bits per heavy atom. The normalized spacial score (nSPS) is 12.7. The van der Waals surface area contributed by atoms with E-state index in [1.54, 1.807) is 18.2 Å². The van der Waals surface area contributed by atoms with Crippen molar-refractivity contribution in [1.82, 2.24) is 0 Å². The molecule has 1 aromatic rings. The molecule has 0 aliphatic rings. The van der Waals surface area contributed by atoms with Gasteiger partial charge in [0, 0.05) is 5.02 Å². The zero-order valence-corrected chi connectivity index (χ0v) is 12.3. The molecule has 0 atom stereocenters. The second-order valence-electron chi connectivity index (χ2n) is 5.02. The van der Waals surface area contributed by atoms with Gasteiger partial charge in [0.1, 0.15) is 12.4 Å². The molecule has 0 amide bonds. The van der Waals surface area contributed by atoms with Gasteiger partial charge in [-0.05, 0) is 35.3 Å². The molecule has 0 heterocycles. The van der Waals surface area contributed by atoms with Crippen LogP contribution in [0.3, 0.4) is 0 Å². The largest absolute Gasteiger partial charge is 0.488 e. The number of ether oxygens (including phenoxy) is 1. The van der Waals surface area contributed by atoms with Crippen molar-refractivity contribution in [1.29, 1.82) is 0 Å². The lowest BCUT2D eigenvalue weighted by atomic mass is 9.87. The van der Waals surface area contributed by atoms with Crippen molar-refractivity contribution in [2.24, 2.45) is 5.41 Å². The van der Waals surface area contributed by atoms with Gasteiger partial charge in [-0.25, -0.2) is 0 Å². The lowest BCUT2D eigenvalue weighted by Gasteiger charge is -2.21. The maximum atomic E-state index is 9.28. The fourth-order valence-electron chi connectivity index (χ4n) is 1.43. The Bertz CT molecular complexity index is 434. The summed E-state index contributed by atoms with van der Waals surface area (Å²) < 4.78 is 5.54. The molecule has 1 N–H and O–H groups in total. The number of aliphatic hydroxyl groups is 1. The highest BCUT2D eigenvalue weighted by Crippen LogP contribution is 2.28. The van der Waals surface area contributed by atoms with Crippen LogP contribution in [0.1, 0.15) is 20.8 Å². The molecule has 0 aliphatic heterocycles. The Kier molecular flexibility index (Phi) is 5.51. The van der Waals surface area contributed by atoms with E-state index in [9.17, 15) is 5.11 Å². The van der Waals surface area contributed by atoms with Gasteiger partial charge in [0.25, 0.3) is 0 Å². The predicted molar refractivity (Wildman–Crippen MR) is 76.6 cm³/mol. The van der Waals surface area contributed by atoms with Gasteiger partial charge in [0.15, 0.2) is 0 Å². The summed E-state index contributed by atoms with van der Waals surface area (Å²) in [5, 5.41) is 10.3. The van der Waals surface area contributed by atoms with Crippen LogP contribution in [0.15, 0.2) is 29.8 Å². The van der Waals surface area contributed by atoms with Crippen LogP contribution in [0, 0.1) is 5.41 Å². The third kappa shape index (κ3) is 4.52. The summed E-state index contributed by atoms with van der Waals surface area (Å²) in [6, 6.07) is 5.09. The molecule has 1 aromatic carbocycles. The minimum atomic E-state index is -0.0676. The molecule has 1 rings (SSSR count). The zero-order valence-electron chi connectivity index (χ0n) is 10.8.